The minimum absolute atomic E-state index is 0.0309. The Hall–Kier alpha value is -1.76. The van der Waals surface area contributed by atoms with E-state index in [-0.39, 0.29) is 24.6 Å². The van der Waals surface area contributed by atoms with Gasteiger partial charge >= 0.3 is 0 Å². The summed E-state index contributed by atoms with van der Waals surface area (Å²) in [5.41, 5.74) is 5.29. The maximum atomic E-state index is 8.48. The number of aliphatic hydroxyl groups excluding tert-OH is 1. The number of nitrogen functional groups attached to an aromatic ring is 1. The fourth-order valence-corrected chi connectivity index (χ4v) is 0.601. The van der Waals surface area contributed by atoms with Gasteiger partial charge in [0.15, 0.2) is 0 Å². The summed E-state index contributed by atoms with van der Waals surface area (Å²) in [4.78, 5) is 14.5. The molecule has 1 rings (SSSR count). The molecule has 1 aromatic heterocycles. The molecule has 1 heterocycles. The molecule has 1 aromatic rings. The lowest BCUT2D eigenvalue weighted by atomic mass is 10.8. The third-order valence-corrected chi connectivity index (χ3v) is 1.02. The van der Waals surface area contributed by atoms with Gasteiger partial charge in [-0.1, -0.05) is 0 Å². The second-order valence-corrected chi connectivity index (χ2v) is 1.81. The van der Waals surface area contributed by atoms with Crippen LogP contribution in [0.3, 0.4) is 0 Å². The first-order chi connectivity index (χ1) is 5.76. The van der Waals surface area contributed by atoms with E-state index in [1.807, 2.05) is 0 Å². The van der Waals surface area contributed by atoms with Crippen LogP contribution in [0, 0.1) is 0 Å². The molecule has 0 bridgehead atoms. The van der Waals surface area contributed by atoms with Crippen LogP contribution in [0.15, 0.2) is 4.99 Å². The number of nitrogens with one attached hydrogen (secondary N) is 1. The van der Waals surface area contributed by atoms with Crippen molar-refractivity contribution in [2.75, 3.05) is 17.8 Å². The van der Waals surface area contributed by atoms with Crippen LogP contribution in [0.2, 0.25) is 0 Å². The number of aliphatic imine (C=N–C) groups is 1. The average Bonchev–Trinajstić information content (AvgIpc) is 2.04. The average molecular weight is 168 g/mol. The Morgan fingerprint density at radius 3 is 2.83 bits per heavy atom. The van der Waals surface area contributed by atoms with Crippen LogP contribution in [-0.4, -0.2) is 33.5 Å². The predicted molar refractivity (Wildman–Crippen MR) is 44.2 cm³/mol. The van der Waals surface area contributed by atoms with Gasteiger partial charge < -0.3 is 16.2 Å². The van der Waals surface area contributed by atoms with Gasteiger partial charge in [0.25, 0.3) is 5.95 Å². The van der Waals surface area contributed by atoms with E-state index in [9.17, 15) is 0 Å². The van der Waals surface area contributed by atoms with Crippen LogP contribution in [0.4, 0.5) is 17.8 Å². The Morgan fingerprint density at radius 2 is 2.25 bits per heavy atom. The number of aromatic nitrogens is 3. The number of hydrogen-bond donors (Lipinski definition) is 3. The largest absolute Gasteiger partial charge is 0.376 e. The number of hydrogen-bond acceptors (Lipinski definition) is 7. The van der Waals surface area contributed by atoms with Crippen LogP contribution in [0.5, 0.6) is 0 Å². The van der Waals surface area contributed by atoms with E-state index in [1.165, 1.54) is 0 Å². The van der Waals surface area contributed by atoms with Crippen molar-refractivity contribution in [1.29, 1.82) is 0 Å². The zero-order valence-corrected chi connectivity index (χ0v) is 6.23. The molecule has 0 saturated heterocycles. The summed E-state index contributed by atoms with van der Waals surface area (Å²) in [7, 11) is 0. The van der Waals surface area contributed by atoms with Crippen molar-refractivity contribution in [2.45, 2.75) is 0 Å². The highest BCUT2D eigenvalue weighted by Gasteiger charge is 2.00. The first-order valence-corrected chi connectivity index (χ1v) is 3.09. The minimum Gasteiger partial charge on any atom is -0.376 e. The van der Waals surface area contributed by atoms with Crippen molar-refractivity contribution in [3.05, 3.63) is 0 Å². The molecule has 0 aliphatic carbocycles. The molecule has 0 aliphatic heterocycles. The Morgan fingerprint density at radius 1 is 1.50 bits per heavy atom. The number of rotatable bonds is 3. The molecule has 0 aliphatic rings. The maximum Gasteiger partial charge on any atom is 0.255 e. The van der Waals surface area contributed by atoms with Crippen LogP contribution in [0.25, 0.3) is 0 Å². The molecule has 0 saturated carbocycles. The van der Waals surface area contributed by atoms with Crippen LogP contribution >= 0.6 is 0 Å². The van der Waals surface area contributed by atoms with Gasteiger partial charge in [-0.3, -0.25) is 0 Å². The molecule has 4 N–H and O–H groups in total. The van der Waals surface area contributed by atoms with Gasteiger partial charge in [-0.05, 0) is 6.72 Å². The number of nitrogens with two attached hydrogens (primary N) is 1. The summed E-state index contributed by atoms with van der Waals surface area (Å²) in [6, 6.07) is 0. The molecule has 0 amide bonds. The minimum atomic E-state index is -0.278. The molecule has 0 spiro atoms. The van der Waals surface area contributed by atoms with Crippen molar-refractivity contribution in [2.24, 2.45) is 4.99 Å². The van der Waals surface area contributed by atoms with Gasteiger partial charge in [0, 0.05) is 0 Å². The molecule has 0 radical (unpaired) electrons. The first-order valence-electron chi connectivity index (χ1n) is 3.09. The van der Waals surface area contributed by atoms with Gasteiger partial charge in [-0.15, -0.1) is 0 Å². The predicted octanol–water partition coefficient (Wildman–Crippen LogP) is -0.852. The second kappa shape index (κ2) is 3.58. The number of anilines is 2. The van der Waals surface area contributed by atoms with Crippen molar-refractivity contribution in [3.63, 3.8) is 0 Å². The van der Waals surface area contributed by atoms with Crippen molar-refractivity contribution >= 4 is 24.6 Å². The summed E-state index contributed by atoms with van der Waals surface area (Å²) in [6.07, 6.45) is 0. The van der Waals surface area contributed by atoms with E-state index in [0.717, 1.165) is 0 Å². The molecular weight excluding hydrogens is 160 g/mol. The van der Waals surface area contributed by atoms with Gasteiger partial charge in [0.05, 0.1) is 0 Å². The summed E-state index contributed by atoms with van der Waals surface area (Å²) in [6.45, 7) is 2.95. The molecule has 0 aromatic carbocycles. The first kappa shape index (κ1) is 8.34. The standard InChI is InChI=1S/C5H8N6O/c1-7-4-9-3(6)10-5(11-4)8-2-12/h12H,1-2H2,(H3,6,8,9,10,11). The lowest BCUT2D eigenvalue weighted by Crippen LogP contribution is -2.07. The van der Waals surface area contributed by atoms with E-state index in [4.69, 9.17) is 10.8 Å². The summed E-state index contributed by atoms with van der Waals surface area (Å²) in [5, 5.41) is 10.9. The molecule has 0 atom stereocenters. The smallest absolute Gasteiger partial charge is 0.255 e. The van der Waals surface area contributed by atoms with Crippen LogP contribution < -0.4 is 11.1 Å². The highest BCUT2D eigenvalue weighted by molar-refractivity contribution is 5.41. The lowest BCUT2D eigenvalue weighted by molar-refractivity contribution is 0.324. The second-order valence-electron chi connectivity index (χ2n) is 1.81. The van der Waals surface area contributed by atoms with Gasteiger partial charge in [0.2, 0.25) is 11.9 Å². The topological polar surface area (TPSA) is 109 Å². The highest BCUT2D eigenvalue weighted by Crippen LogP contribution is 2.07. The summed E-state index contributed by atoms with van der Waals surface area (Å²) >= 11 is 0. The van der Waals surface area contributed by atoms with Crippen molar-refractivity contribution < 1.29 is 5.11 Å². The number of aliphatic hydroxyl groups is 1. The quantitative estimate of drug-likeness (QED) is 0.400. The Kier molecular flexibility index (Phi) is 2.49. The maximum absolute atomic E-state index is 8.48. The third-order valence-electron chi connectivity index (χ3n) is 1.02. The summed E-state index contributed by atoms with van der Waals surface area (Å²) < 4.78 is 0. The van der Waals surface area contributed by atoms with E-state index < -0.39 is 0 Å². The fourth-order valence-electron chi connectivity index (χ4n) is 0.601. The Bertz CT molecular complexity index is 287. The van der Waals surface area contributed by atoms with Crippen molar-refractivity contribution in [3.8, 4) is 0 Å². The number of nitrogens with zero attached hydrogens (tertiary/aromatic N) is 4. The molecule has 0 fully saturated rings. The Balaban J connectivity index is 2.97. The molecule has 0 unspecified atom stereocenters. The van der Waals surface area contributed by atoms with E-state index >= 15 is 0 Å². The third kappa shape index (κ3) is 1.86. The zero-order valence-electron chi connectivity index (χ0n) is 6.23. The van der Waals surface area contributed by atoms with Gasteiger partial charge in [-0.2, -0.15) is 15.0 Å². The van der Waals surface area contributed by atoms with E-state index in [0.29, 0.717) is 0 Å². The van der Waals surface area contributed by atoms with E-state index in [1.54, 1.807) is 0 Å². The zero-order chi connectivity index (χ0) is 8.97. The molecule has 64 valence electrons. The molecule has 7 nitrogen and oxygen atoms in total. The SMILES string of the molecule is C=Nc1nc(N)nc(NCO)n1. The van der Waals surface area contributed by atoms with Gasteiger partial charge in [0.1, 0.15) is 6.73 Å². The normalized spacial score (nSPS) is 9.42. The Labute approximate surface area is 68.4 Å². The highest BCUT2D eigenvalue weighted by atomic mass is 16.3. The summed E-state index contributed by atoms with van der Waals surface area (Å²) in [5.74, 6) is 0.328. The fraction of sp³-hybridized carbons (Fsp3) is 0.200. The molecule has 12 heavy (non-hydrogen) atoms. The van der Waals surface area contributed by atoms with Crippen molar-refractivity contribution in [1.82, 2.24) is 15.0 Å². The van der Waals surface area contributed by atoms with Gasteiger partial charge in [-0.25, -0.2) is 4.99 Å². The van der Waals surface area contributed by atoms with E-state index in [2.05, 4.69) is 32.0 Å². The van der Waals surface area contributed by atoms with Crippen LogP contribution in [-0.2, 0) is 0 Å². The van der Waals surface area contributed by atoms with Crippen LogP contribution in [0.1, 0.15) is 0 Å². The molecule has 7 heteroatoms. The molecular formula is C5H8N6O. The lowest BCUT2D eigenvalue weighted by Gasteiger charge is -2.00. The monoisotopic (exact) mass is 168 g/mol.